The molecule has 1 aromatic heterocycles. The summed E-state index contributed by atoms with van der Waals surface area (Å²) in [5.41, 5.74) is 3.07. The largest absolute Gasteiger partial charge is 0.447 e. The van der Waals surface area contributed by atoms with Gasteiger partial charge in [-0.15, -0.1) is 0 Å². The number of hydrogen-bond acceptors (Lipinski definition) is 4. The van der Waals surface area contributed by atoms with Gasteiger partial charge in [0.15, 0.2) is 0 Å². The average Bonchev–Trinajstić information content (AvgIpc) is 3.42. The van der Waals surface area contributed by atoms with Crippen LogP contribution in [0, 0.1) is 17.7 Å². The van der Waals surface area contributed by atoms with Crippen molar-refractivity contribution in [2.75, 3.05) is 24.6 Å². The van der Waals surface area contributed by atoms with Crippen LogP contribution in [-0.4, -0.2) is 41.9 Å². The molecular weight excluding hydrogens is 387 g/mol. The van der Waals surface area contributed by atoms with E-state index in [9.17, 15) is 14.0 Å². The highest BCUT2D eigenvalue weighted by atomic mass is 19.1. The molecule has 0 bridgehead atoms. The van der Waals surface area contributed by atoms with Crippen LogP contribution in [0.2, 0.25) is 0 Å². The number of benzene rings is 2. The Kier molecular flexibility index (Phi) is 5.44. The number of carbonyl (C=O) groups excluding carboxylic acids is 2. The zero-order chi connectivity index (χ0) is 20.9. The second kappa shape index (κ2) is 8.49. The molecule has 0 saturated carbocycles. The molecule has 1 saturated heterocycles. The third-order valence-corrected chi connectivity index (χ3v) is 4.47. The lowest BCUT2D eigenvalue weighted by Crippen LogP contribution is -2.23. The Balaban J connectivity index is 1.32. The number of nitrogens with zero attached hydrogens (tertiary/aromatic N) is 2. The molecule has 0 atom stereocenters. The Labute approximate surface area is 171 Å². The van der Waals surface area contributed by atoms with Crippen molar-refractivity contribution in [2.45, 2.75) is 0 Å². The van der Waals surface area contributed by atoms with Crippen LogP contribution in [0.5, 0.6) is 0 Å². The minimum atomic E-state index is -0.349. The maximum Gasteiger partial charge on any atom is 0.414 e. The highest BCUT2D eigenvalue weighted by Crippen LogP contribution is 2.19. The van der Waals surface area contributed by atoms with E-state index in [1.54, 1.807) is 47.4 Å². The molecule has 30 heavy (non-hydrogen) atoms. The normalized spacial score (nSPS) is 12.8. The molecule has 7 nitrogen and oxygen atoms in total. The maximum atomic E-state index is 13.0. The summed E-state index contributed by atoms with van der Waals surface area (Å²) >= 11 is 0. The van der Waals surface area contributed by atoms with Gasteiger partial charge in [-0.25, -0.2) is 9.18 Å². The molecule has 0 spiro atoms. The van der Waals surface area contributed by atoms with Crippen LogP contribution in [0.3, 0.4) is 0 Å². The molecule has 1 aliphatic heterocycles. The number of carbonyl (C=O) groups is 2. The van der Waals surface area contributed by atoms with E-state index in [4.69, 9.17) is 4.74 Å². The van der Waals surface area contributed by atoms with Crippen LogP contribution in [0.4, 0.5) is 14.9 Å². The first-order chi connectivity index (χ1) is 14.6. The van der Waals surface area contributed by atoms with Gasteiger partial charge in [0.1, 0.15) is 18.1 Å². The van der Waals surface area contributed by atoms with Crippen LogP contribution in [0.1, 0.15) is 16.1 Å². The lowest BCUT2D eigenvalue weighted by molar-refractivity contribution is 0.0953. The Morgan fingerprint density at radius 3 is 2.67 bits per heavy atom. The molecule has 2 heterocycles. The summed E-state index contributed by atoms with van der Waals surface area (Å²) in [7, 11) is 0. The summed E-state index contributed by atoms with van der Waals surface area (Å²) in [4.78, 5) is 25.3. The van der Waals surface area contributed by atoms with Crippen LogP contribution >= 0.6 is 0 Å². The highest BCUT2D eigenvalue weighted by molar-refractivity contribution is 5.93. The third kappa shape index (κ3) is 4.31. The number of nitrogens with one attached hydrogen (secondary N) is 2. The van der Waals surface area contributed by atoms with Gasteiger partial charge in [0.2, 0.25) is 0 Å². The van der Waals surface area contributed by atoms with Gasteiger partial charge in [0.25, 0.3) is 5.91 Å². The van der Waals surface area contributed by atoms with E-state index in [2.05, 4.69) is 27.4 Å². The predicted molar refractivity (Wildman–Crippen MR) is 108 cm³/mol. The third-order valence-electron chi connectivity index (χ3n) is 4.47. The van der Waals surface area contributed by atoms with Crippen molar-refractivity contribution >= 4 is 17.7 Å². The van der Waals surface area contributed by atoms with Gasteiger partial charge in [-0.05, 0) is 54.6 Å². The molecule has 0 unspecified atom stereocenters. The second-order valence-corrected chi connectivity index (χ2v) is 6.47. The zero-order valence-corrected chi connectivity index (χ0v) is 15.8. The summed E-state index contributed by atoms with van der Waals surface area (Å²) in [6.45, 7) is 1.08. The average molecular weight is 404 g/mol. The van der Waals surface area contributed by atoms with Gasteiger partial charge in [-0.2, -0.15) is 5.10 Å². The number of halogens is 1. The summed E-state index contributed by atoms with van der Waals surface area (Å²) < 4.78 is 17.9. The minimum Gasteiger partial charge on any atom is -0.447 e. The van der Waals surface area contributed by atoms with Crippen LogP contribution in [-0.2, 0) is 4.74 Å². The minimum absolute atomic E-state index is 0.157. The molecule has 1 fully saturated rings. The summed E-state index contributed by atoms with van der Waals surface area (Å²) in [5, 5.41) is 9.44. The first kappa shape index (κ1) is 19.2. The molecule has 3 aromatic rings. The van der Waals surface area contributed by atoms with E-state index in [0.717, 1.165) is 11.3 Å². The lowest BCUT2D eigenvalue weighted by atomic mass is 10.1. The van der Waals surface area contributed by atoms with Gasteiger partial charge >= 0.3 is 6.09 Å². The number of anilines is 1. The van der Waals surface area contributed by atoms with Gasteiger partial charge in [0, 0.05) is 16.8 Å². The zero-order valence-electron chi connectivity index (χ0n) is 15.8. The first-order valence-electron chi connectivity index (χ1n) is 9.23. The fourth-order valence-electron chi connectivity index (χ4n) is 2.93. The second-order valence-electron chi connectivity index (χ2n) is 6.47. The molecule has 150 valence electrons. The topological polar surface area (TPSA) is 87.3 Å². The van der Waals surface area contributed by atoms with E-state index in [0.29, 0.717) is 24.4 Å². The number of amides is 2. The quantitative estimate of drug-likeness (QED) is 0.655. The smallest absolute Gasteiger partial charge is 0.414 e. The number of cyclic esters (lactones) is 1. The SMILES string of the molecule is O=C(NCC#Cc1ccc(N2CCOC2=O)cc1)c1cc(-c2ccc(F)cc2)n[nH]1. The van der Waals surface area contributed by atoms with Crippen molar-refractivity contribution in [1.82, 2.24) is 15.5 Å². The highest BCUT2D eigenvalue weighted by Gasteiger charge is 2.23. The van der Waals surface area contributed by atoms with Crippen LogP contribution in [0.15, 0.2) is 54.6 Å². The Morgan fingerprint density at radius 1 is 1.20 bits per heavy atom. The van der Waals surface area contributed by atoms with E-state index < -0.39 is 0 Å². The van der Waals surface area contributed by atoms with Crippen molar-refractivity contribution in [3.8, 4) is 23.1 Å². The standard InChI is InChI=1S/C22H17FN4O3/c23-17-7-5-16(6-8-17)19-14-20(26-25-19)21(28)24-11-1-2-15-3-9-18(10-4-15)27-12-13-30-22(27)29/h3-10,14H,11-13H2,(H,24,28)(H,25,26). The molecule has 0 radical (unpaired) electrons. The number of H-pyrrole nitrogens is 1. The van der Waals surface area contributed by atoms with Crippen molar-refractivity contribution < 1.29 is 18.7 Å². The monoisotopic (exact) mass is 404 g/mol. The summed E-state index contributed by atoms with van der Waals surface area (Å²) in [6.07, 6.45) is -0.349. The maximum absolute atomic E-state index is 13.0. The van der Waals surface area contributed by atoms with Gasteiger partial charge in [-0.3, -0.25) is 14.8 Å². The van der Waals surface area contributed by atoms with E-state index in [-0.39, 0.29) is 30.1 Å². The summed E-state index contributed by atoms with van der Waals surface area (Å²) in [6, 6.07) is 14.7. The molecule has 4 rings (SSSR count). The summed E-state index contributed by atoms with van der Waals surface area (Å²) in [5.74, 6) is 5.16. The Hall–Kier alpha value is -4.12. The fourth-order valence-corrected chi connectivity index (χ4v) is 2.93. The van der Waals surface area contributed by atoms with Gasteiger partial charge < -0.3 is 10.1 Å². The van der Waals surface area contributed by atoms with Crippen LogP contribution < -0.4 is 10.2 Å². The molecular formula is C22H17FN4O3. The van der Waals surface area contributed by atoms with Gasteiger partial charge in [0.05, 0.1) is 18.8 Å². The van der Waals surface area contributed by atoms with E-state index in [1.807, 2.05) is 0 Å². The Bertz CT molecular complexity index is 1130. The molecule has 2 amide bonds. The number of aromatic nitrogens is 2. The first-order valence-corrected chi connectivity index (χ1v) is 9.23. The van der Waals surface area contributed by atoms with Gasteiger partial charge in [-0.1, -0.05) is 11.8 Å². The number of ether oxygens (including phenoxy) is 1. The molecule has 1 aliphatic rings. The van der Waals surface area contributed by atoms with Crippen LogP contribution in [0.25, 0.3) is 11.3 Å². The van der Waals surface area contributed by atoms with Crippen molar-refractivity contribution in [2.24, 2.45) is 0 Å². The molecule has 0 aliphatic carbocycles. The molecule has 8 heteroatoms. The van der Waals surface area contributed by atoms with E-state index >= 15 is 0 Å². The Morgan fingerprint density at radius 2 is 1.97 bits per heavy atom. The predicted octanol–water partition coefficient (Wildman–Crippen LogP) is 2.95. The molecule has 2 N–H and O–H groups in total. The van der Waals surface area contributed by atoms with E-state index in [1.165, 1.54) is 12.1 Å². The van der Waals surface area contributed by atoms with Crippen molar-refractivity contribution in [3.05, 3.63) is 71.7 Å². The molecule has 2 aromatic carbocycles. The fraction of sp³-hybridized carbons (Fsp3) is 0.136. The number of aromatic amines is 1. The van der Waals surface area contributed by atoms with Crippen molar-refractivity contribution in [3.63, 3.8) is 0 Å². The van der Waals surface area contributed by atoms with Crippen molar-refractivity contribution in [1.29, 1.82) is 0 Å². The number of hydrogen-bond donors (Lipinski definition) is 2. The number of rotatable bonds is 4. The lowest BCUT2D eigenvalue weighted by Gasteiger charge is -2.11.